The van der Waals surface area contributed by atoms with Crippen molar-refractivity contribution in [3.63, 3.8) is 0 Å². The van der Waals surface area contributed by atoms with E-state index in [0.717, 1.165) is 6.07 Å². The standard InChI is InChI=1S/C13H8F5IN2/c14-7-2-1-6(13(16,17)18)3-11(7)21-12-4-8(15)9(19)5-10(12)20/h1-5,21H,20H2. The first-order valence-electron chi connectivity index (χ1n) is 5.57. The van der Waals surface area contributed by atoms with Gasteiger partial charge in [0.15, 0.2) is 0 Å². The Morgan fingerprint density at radius 2 is 1.62 bits per heavy atom. The topological polar surface area (TPSA) is 38.0 Å². The number of alkyl halides is 3. The number of anilines is 3. The summed E-state index contributed by atoms with van der Waals surface area (Å²) in [6.07, 6.45) is -4.60. The van der Waals surface area contributed by atoms with Crippen LogP contribution in [-0.2, 0) is 6.18 Å². The van der Waals surface area contributed by atoms with Crippen LogP contribution in [0.3, 0.4) is 0 Å². The first kappa shape index (κ1) is 15.8. The van der Waals surface area contributed by atoms with Crippen molar-refractivity contribution in [2.24, 2.45) is 0 Å². The van der Waals surface area contributed by atoms with E-state index in [2.05, 4.69) is 5.32 Å². The van der Waals surface area contributed by atoms with Crippen LogP contribution in [0.2, 0.25) is 0 Å². The van der Waals surface area contributed by atoms with Crippen LogP contribution in [0.4, 0.5) is 39.0 Å². The van der Waals surface area contributed by atoms with Crippen LogP contribution >= 0.6 is 22.6 Å². The maximum Gasteiger partial charge on any atom is 0.416 e. The van der Waals surface area contributed by atoms with Crippen LogP contribution in [-0.4, -0.2) is 0 Å². The molecule has 8 heteroatoms. The highest BCUT2D eigenvalue weighted by Crippen LogP contribution is 2.34. The van der Waals surface area contributed by atoms with Gasteiger partial charge in [-0.3, -0.25) is 0 Å². The first-order chi connectivity index (χ1) is 9.68. The minimum atomic E-state index is -4.60. The lowest BCUT2D eigenvalue weighted by atomic mass is 10.1. The summed E-state index contributed by atoms with van der Waals surface area (Å²) in [5.41, 5.74) is 4.27. The quantitative estimate of drug-likeness (QED) is 0.416. The maximum atomic E-state index is 13.6. The van der Waals surface area contributed by atoms with Crippen LogP contribution in [0.5, 0.6) is 0 Å². The third kappa shape index (κ3) is 3.55. The Labute approximate surface area is 130 Å². The molecular weight excluding hydrogens is 406 g/mol. The summed E-state index contributed by atoms with van der Waals surface area (Å²) in [5, 5.41) is 2.38. The van der Waals surface area contributed by atoms with Gasteiger partial charge in [0.25, 0.3) is 0 Å². The Morgan fingerprint density at radius 1 is 0.952 bits per heavy atom. The number of nitrogens with one attached hydrogen (secondary N) is 1. The van der Waals surface area contributed by atoms with Gasteiger partial charge in [-0.1, -0.05) is 0 Å². The molecule has 3 N–H and O–H groups in total. The number of halogens is 6. The Kier molecular flexibility index (Phi) is 4.26. The van der Waals surface area contributed by atoms with Crippen LogP contribution in [0.15, 0.2) is 30.3 Å². The normalized spacial score (nSPS) is 11.5. The van der Waals surface area contributed by atoms with Crippen molar-refractivity contribution < 1.29 is 22.0 Å². The van der Waals surface area contributed by atoms with Gasteiger partial charge >= 0.3 is 6.18 Å². The van der Waals surface area contributed by atoms with E-state index in [9.17, 15) is 22.0 Å². The molecule has 0 aliphatic rings. The number of benzene rings is 2. The molecule has 0 amide bonds. The molecule has 21 heavy (non-hydrogen) atoms. The van der Waals surface area contributed by atoms with Gasteiger partial charge in [0, 0.05) is 6.07 Å². The average Bonchev–Trinajstić information content (AvgIpc) is 2.37. The number of hydrogen-bond acceptors (Lipinski definition) is 2. The molecule has 0 bridgehead atoms. The van der Waals surface area contributed by atoms with Crippen molar-refractivity contribution in [2.75, 3.05) is 11.1 Å². The predicted molar refractivity (Wildman–Crippen MR) is 78.2 cm³/mol. The molecule has 0 aliphatic heterocycles. The lowest BCUT2D eigenvalue weighted by Crippen LogP contribution is -2.07. The minimum Gasteiger partial charge on any atom is -0.397 e. The van der Waals surface area contributed by atoms with Crippen LogP contribution < -0.4 is 11.1 Å². The van der Waals surface area contributed by atoms with E-state index in [1.54, 1.807) is 22.6 Å². The van der Waals surface area contributed by atoms with Gasteiger partial charge in [-0.05, 0) is 46.9 Å². The molecule has 0 unspecified atom stereocenters. The zero-order chi connectivity index (χ0) is 15.8. The monoisotopic (exact) mass is 414 g/mol. The molecule has 2 rings (SSSR count). The van der Waals surface area contributed by atoms with Gasteiger partial charge in [-0.25, -0.2) is 8.78 Å². The highest BCUT2D eigenvalue weighted by atomic mass is 127. The van der Waals surface area contributed by atoms with Crippen molar-refractivity contribution in [1.82, 2.24) is 0 Å². The van der Waals surface area contributed by atoms with E-state index in [-0.39, 0.29) is 14.9 Å². The van der Waals surface area contributed by atoms with Gasteiger partial charge in [0.1, 0.15) is 11.6 Å². The molecule has 112 valence electrons. The molecule has 0 saturated carbocycles. The fourth-order valence-corrected chi connectivity index (χ4v) is 2.10. The zero-order valence-corrected chi connectivity index (χ0v) is 12.4. The summed E-state index contributed by atoms with van der Waals surface area (Å²) in [4.78, 5) is 0. The van der Waals surface area contributed by atoms with Gasteiger partial charge in [-0.2, -0.15) is 13.2 Å². The summed E-state index contributed by atoms with van der Waals surface area (Å²) in [5.74, 6) is -1.51. The number of nitrogen functional groups attached to an aromatic ring is 1. The van der Waals surface area contributed by atoms with E-state index in [4.69, 9.17) is 5.73 Å². The Hall–Kier alpha value is -1.58. The third-order valence-electron chi connectivity index (χ3n) is 2.66. The van der Waals surface area contributed by atoms with Crippen molar-refractivity contribution in [3.05, 3.63) is 51.1 Å². The zero-order valence-electron chi connectivity index (χ0n) is 10.2. The fraction of sp³-hybridized carbons (Fsp3) is 0.0769. The van der Waals surface area contributed by atoms with E-state index in [1.165, 1.54) is 6.07 Å². The summed E-state index contributed by atoms with van der Waals surface area (Å²) in [6.45, 7) is 0. The molecule has 0 aliphatic carbocycles. The molecule has 0 heterocycles. The van der Waals surface area contributed by atoms with E-state index < -0.39 is 29.1 Å². The van der Waals surface area contributed by atoms with Crippen molar-refractivity contribution in [2.45, 2.75) is 6.18 Å². The fourth-order valence-electron chi connectivity index (χ4n) is 1.61. The maximum absolute atomic E-state index is 13.6. The van der Waals surface area contributed by atoms with Crippen LogP contribution in [0, 0.1) is 15.2 Å². The molecule has 2 nitrogen and oxygen atoms in total. The summed E-state index contributed by atoms with van der Waals surface area (Å²) in [7, 11) is 0. The SMILES string of the molecule is Nc1cc(I)c(F)cc1Nc1cc(C(F)(F)F)ccc1F. The van der Waals surface area contributed by atoms with Gasteiger partial charge in [0.2, 0.25) is 0 Å². The lowest BCUT2D eigenvalue weighted by molar-refractivity contribution is -0.137. The summed E-state index contributed by atoms with van der Waals surface area (Å²) < 4.78 is 65.1. The number of rotatable bonds is 2. The van der Waals surface area contributed by atoms with E-state index in [0.29, 0.717) is 18.2 Å². The smallest absolute Gasteiger partial charge is 0.397 e. The molecule has 0 saturated heterocycles. The van der Waals surface area contributed by atoms with Crippen molar-refractivity contribution in [1.29, 1.82) is 0 Å². The Bertz CT molecular complexity index is 685. The first-order valence-corrected chi connectivity index (χ1v) is 6.64. The highest BCUT2D eigenvalue weighted by Gasteiger charge is 2.31. The van der Waals surface area contributed by atoms with Gasteiger partial charge in [0.05, 0.1) is 26.2 Å². The molecule has 0 atom stereocenters. The van der Waals surface area contributed by atoms with Crippen molar-refractivity contribution in [3.8, 4) is 0 Å². The van der Waals surface area contributed by atoms with E-state index >= 15 is 0 Å². The second-order valence-corrected chi connectivity index (χ2v) is 5.33. The largest absolute Gasteiger partial charge is 0.416 e. The second-order valence-electron chi connectivity index (χ2n) is 4.17. The Balaban J connectivity index is 2.42. The average molecular weight is 414 g/mol. The molecule has 0 aromatic heterocycles. The molecule has 0 radical (unpaired) electrons. The second kappa shape index (κ2) is 5.66. The highest BCUT2D eigenvalue weighted by molar-refractivity contribution is 14.1. The Morgan fingerprint density at radius 3 is 2.24 bits per heavy atom. The molecule has 0 spiro atoms. The van der Waals surface area contributed by atoms with Gasteiger partial charge in [-0.15, -0.1) is 0 Å². The molecule has 2 aromatic carbocycles. The molecule has 0 fully saturated rings. The number of hydrogen-bond donors (Lipinski definition) is 2. The molecule has 2 aromatic rings. The van der Waals surface area contributed by atoms with E-state index in [1.807, 2.05) is 0 Å². The molecular formula is C13H8F5IN2. The van der Waals surface area contributed by atoms with Gasteiger partial charge < -0.3 is 11.1 Å². The van der Waals surface area contributed by atoms with Crippen LogP contribution in [0.25, 0.3) is 0 Å². The lowest BCUT2D eigenvalue weighted by Gasteiger charge is -2.13. The van der Waals surface area contributed by atoms with Crippen LogP contribution in [0.1, 0.15) is 5.56 Å². The predicted octanol–water partition coefficient (Wildman–Crippen LogP) is 4.91. The summed E-state index contributed by atoms with van der Waals surface area (Å²) >= 11 is 1.71. The summed E-state index contributed by atoms with van der Waals surface area (Å²) in [6, 6.07) is 4.20. The third-order valence-corrected chi connectivity index (χ3v) is 3.48. The number of nitrogens with two attached hydrogens (primary N) is 1. The van der Waals surface area contributed by atoms with Crippen molar-refractivity contribution >= 4 is 39.7 Å². The minimum absolute atomic E-state index is 0.00820.